The molecular weight excluding hydrogens is 304 g/mol. The van der Waals surface area contributed by atoms with Crippen molar-refractivity contribution in [3.63, 3.8) is 0 Å². The lowest BCUT2D eigenvalue weighted by atomic mass is 9.99. The molecule has 0 aromatic carbocycles. The van der Waals surface area contributed by atoms with E-state index >= 15 is 0 Å². The molecule has 2 fully saturated rings. The molecule has 24 heavy (non-hydrogen) atoms. The van der Waals surface area contributed by atoms with Crippen LogP contribution in [0.2, 0.25) is 0 Å². The minimum Gasteiger partial charge on any atom is -0.394 e. The SMILES string of the molecule is O=C(NCc1ccnc(N2CCCCC2)c1)NC1(CO)CCCC1. The number of amides is 2. The average Bonchev–Trinajstić information content (AvgIpc) is 3.10. The van der Waals surface area contributed by atoms with Gasteiger partial charge in [0, 0.05) is 25.8 Å². The summed E-state index contributed by atoms with van der Waals surface area (Å²) in [7, 11) is 0. The fourth-order valence-electron chi connectivity index (χ4n) is 3.71. The summed E-state index contributed by atoms with van der Waals surface area (Å²) in [6.07, 6.45) is 9.37. The third-order valence-electron chi connectivity index (χ3n) is 5.19. The number of urea groups is 1. The summed E-state index contributed by atoms with van der Waals surface area (Å²) in [6, 6.07) is 3.79. The van der Waals surface area contributed by atoms with Gasteiger partial charge in [-0.2, -0.15) is 0 Å². The first-order valence-electron chi connectivity index (χ1n) is 9.08. The second-order valence-electron chi connectivity index (χ2n) is 7.02. The molecule has 1 aliphatic heterocycles. The molecule has 132 valence electrons. The highest BCUT2D eigenvalue weighted by molar-refractivity contribution is 5.74. The number of carbonyl (C=O) groups excluding carboxylic acids is 1. The lowest BCUT2D eigenvalue weighted by molar-refractivity contribution is 0.163. The molecule has 1 aromatic rings. The van der Waals surface area contributed by atoms with Crippen LogP contribution in [-0.4, -0.2) is 41.4 Å². The van der Waals surface area contributed by atoms with Gasteiger partial charge in [-0.1, -0.05) is 12.8 Å². The average molecular weight is 332 g/mol. The summed E-state index contributed by atoms with van der Waals surface area (Å²) in [5.41, 5.74) is 0.617. The Bertz CT molecular complexity index is 552. The van der Waals surface area contributed by atoms with Crippen LogP contribution in [0.15, 0.2) is 18.3 Å². The molecule has 0 atom stereocenters. The van der Waals surface area contributed by atoms with Crippen molar-refractivity contribution in [1.82, 2.24) is 15.6 Å². The first kappa shape index (κ1) is 17.0. The minimum atomic E-state index is -0.429. The van der Waals surface area contributed by atoms with Gasteiger partial charge in [0.15, 0.2) is 0 Å². The number of piperidine rings is 1. The predicted octanol–water partition coefficient (Wildman–Crippen LogP) is 2.18. The lowest BCUT2D eigenvalue weighted by Gasteiger charge is -2.28. The summed E-state index contributed by atoms with van der Waals surface area (Å²) in [5.74, 6) is 0.997. The van der Waals surface area contributed by atoms with Gasteiger partial charge in [0.05, 0.1) is 12.1 Å². The Balaban J connectivity index is 1.53. The summed E-state index contributed by atoms with van der Waals surface area (Å²) in [6.45, 7) is 2.60. The molecule has 3 rings (SSSR count). The second kappa shape index (κ2) is 7.83. The van der Waals surface area contributed by atoms with Crippen molar-refractivity contribution in [1.29, 1.82) is 0 Å². The molecule has 2 aliphatic rings. The fraction of sp³-hybridized carbons (Fsp3) is 0.667. The van der Waals surface area contributed by atoms with Crippen molar-refractivity contribution in [2.45, 2.75) is 57.0 Å². The van der Waals surface area contributed by atoms with Crippen molar-refractivity contribution in [2.24, 2.45) is 0 Å². The molecule has 0 unspecified atom stereocenters. The Hall–Kier alpha value is -1.82. The van der Waals surface area contributed by atoms with Crippen molar-refractivity contribution < 1.29 is 9.90 Å². The highest BCUT2D eigenvalue weighted by Crippen LogP contribution is 2.28. The van der Waals surface area contributed by atoms with Crippen LogP contribution in [0, 0.1) is 0 Å². The highest BCUT2D eigenvalue weighted by Gasteiger charge is 2.34. The topological polar surface area (TPSA) is 77.5 Å². The van der Waals surface area contributed by atoms with E-state index in [4.69, 9.17) is 0 Å². The van der Waals surface area contributed by atoms with Gasteiger partial charge in [-0.05, 0) is 49.8 Å². The van der Waals surface area contributed by atoms with E-state index in [-0.39, 0.29) is 12.6 Å². The van der Waals surface area contributed by atoms with Gasteiger partial charge >= 0.3 is 6.03 Å². The third kappa shape index (κ3) is 4.17. The molecule has 0 bridgehead atoms. The van der Waals surface area contributed by atoms with E-state index in [1.165, 1.54) is 19.3 Å². The molecule has 2 heterocycles. The summed E-state index contributed by atoms with van der Waals surface area (Å²) >= 11 is 0. The van der Waals surface area contributed by atoms with Crippen LogP contribution in [0.4, 0.5) is 10.6 Å². The van der Waals surface area contributed by atoms with Crippen molar-refractivity contribution in [3.05, 3.63) is 23.9 Å². The van der Waals surface area contributed by atoms with E-state index in [1.807, 2.05) is 12.3 Å². The number of nitrogens with zero attached hydrogens (tertiary/aromatic N) is 2. The van der Waals surface area contributed by atoms with Gasteiger partial charge in [-0.25, -0.2) is 9.78 Å². The van der Waals surface area contributed by atoms with Gasteiger partial charge in [-0.3, -0.25) is 0 Å². The largest absolute Gasteiger partial charge is 0.394 e. The molecule has 1 saturated heterocycles. The van der Waals surface area contributed by atoms with E-state index in [1.54, 1.807) is 0 Å². The molecule has 3 N–H and O–H groups in total. The Kier molecular flexibility index (Phi) is 5.56. The Morgan fingerprint density at radius 3 is 2.67 bits per heavy atom. The van der Waals surface area contributed by atoms with E-state index in [9.17, 15) is 9.90 Å². The number of pyridine rings is 1. The van der Waals surface area contributed by atoms with Crippen molar-refractivity contribution in [3.8, 4) is 0 Å². The van der Waals surface area contributed by atoms with Crippen LogP contribution >= 0.6 is 0 Å². The Morgan fingerprint density at radius 2 is 1.96 bits per heavy atom. The zero-order valence-corrected chi connectivity index (χ0v) is 14.3. The minimum absolute atomic E-state index is 0.00872. The standard InChI is InChI=1S/C18H28N4O2/c23-14-18(7-2-3-8-18)21-17(24)20-13-15-6-9-19-16(12-15)22-10-4-1-5-11-22/h6,9,12,23H,1-5,7-8,10-11,13-14H2,(H2,20,21,24). The molecule has 1 saturated carbocycles. The van der Waals surface area contributed by atoms with Gasteiger partial charge in [0.1, 0.15) is 5.82 Å². The fourth-order valence-corrected chi connectivity index (χ4v) is 3.71. The van der Waals surface area contributed by atoms with Crippen LogP contribution in [-0.2, 0) is 6.54 Å². The normalized spacial score (nSPS) is 20.0. The lowest BCUT2D eigenvalue weighted by Crippen LogP contribution is -2.52. The first-order chi connectivity index (χ1) is 11.7. The van der Waals surface area contributed by atoms with Gasteiger partial charge in [-0.15, -0.1) is 0 Å². The number of carbonyl (C=O) groups is 1. The molecule has 1 aliphatic carbocycles. The highest BCUT2D eigenvalue weighted by atomic mass is 16.3. The van der Waals surface area contributed by atoms with Crippen LogP contribution in [0.1, 0.15) is 50.5 Å². The van der Waals surface area contributed by atoms with E-state index < -0.39 is 5.54 Å². The monoisotopic (exact) mass is 332 g/mol. The molecule has 0 spiro atoms. The Labute approximate surface area is 143 Å². The van der Waals surface area contributed by atoms with Crippen LogP contribution < -0.4 is 15.5 Å². The molecule has 1 aromatic heterocycles. The van der Waals surface area contributed by atoms with E-state index in [0.29, 0.717) is 6.54 Å². The van der Waals surface area contributed by atoms with Crippen molar-refractivity contribution >= 4 is 11.8 Å². The van der Waals surface area contributed by atoms with Crippen LogP contribution in [0.3, 0.4) is 0 Å². The molecule has 2 amide bonds. The maximum Gasteiger partial charge on any atom is 0.315 e. The number of nitrogens with one attached hydrogen (secondary N) is 2. The van der Waals surface area contributed by atoms with Gasteiger partial charge < -0.3 is 20.6 Å². The maximum absolute atomic E-state index is 12.2. The number of rotatable bonds is 5. The van der Waals surface area contributed by atoms with E-state index in [0.717, 1.165) is 50.2 Å². The maximum atomic E-state index is 12.2. The second-order valence-corrected chi connectivity index (χ2v) is 7.02. The van der Waals surface area contributed by atoms with Crippen LogP contribution in [0.25, 0.3) is 0 Å². The number of aromatic nitrogens is 1. The number of aliphatic hydroxyl groups excluding tert-OH is 1. The third-order valence-corrected chi connectivity index (χ3v) is 5.19. The zero-order valence-electron chi connectivity index (χ0n) is 14.3. The molecular formula is C18H28N4O2. The predicted molar refractivity (Wildman–Crippen MR) is 94.0 cm³/mol. The number of aliphatic hydroxyl groups is 1. The smallest absolute Gasteiger partial charge is 0.315 e. The molecule has 0 radical (unpaired) electrons. The first-order valence-corrected chi connectivity index (χ1v) is 9.08. The summed E-state index contributed by atoms with van der Waals surface area (Å²) in [4.78, 5) is 18.9. The zero-order chi connectivity index (χ0) is 16.8. The number of hydrogen-bond donors (Lipinski definition) is 3. The number of hydrogen-bond acceptors (Lipinski definition) is 4. The van der Waals surface area contributed by atoms with Gasteiger partial charge in [0.25, 0.3) is 0 Å². The number of anilines is 1. The van der Waals surface area contributed by atoms with E-state index in [2.05, 4.69) is 26.6 Å². The summed E-state index contributed by atoms with van der Waals surface area (Å²) in [5, 5.41) is 15.4. The molecule has 6 nitrogen and oxygen atoms in total. The molecule has 6 heteroatoms. The van der Waals surface area contributed by atoms with Crippen LogP contribution in [0.5, 0.6) is 0 Å². The quantitative estimate of drug-likeness (QED) is 0.772. The van der Waals surface area contributed by atoms with Crippen molar-refractivity contribution in [2.75, 3.05) is 24.6 Å². The summed E-state index contributed by atoms with van der Waals surface area (Å²) < 4.78 is 0. The van der Waals surface area contributed by atoms with Gasteiger partial charge in [0.2, 0.25) is 0 Å². The Morgan fingerprint density at radius 1 is 1.21 bits per heavy atom.